The van der Waals surface area contributed by atoms with Crippen LogP contribution < -0.4 is 4.72 Å². The second-order valence-electron chi connectivity index (χ2n) is 5.08. The zero-order valence-electron chi connectivity index (χ0n) is 12.8. The van der Waals surface area contributed by atoms with Gasteiger partial charge in [0, 0.05) is 5.56 Å². The lowest BCUT2D eigenvalue weighted by molar-refractivity contribution is -0.137. The summed E-state index contributed by atoms with van der Waals surface area (Å²) in [5, 5.41) is 3.89. The highest BCUT2D eigenvalue weighted by molar-refractivity contribution is 9.10. The van der Waals surface area contributed by atoms with Gasteiger partial charge in [0.1, 0.15) is 9.48 Å². The number of hydrogen-bond acceptors (Lipinski definition) is 6. The minimum absolute atomic E-state index is 0.0769. The maximum Gasteiger partial charge on any atom is 0.416 e. The van der Waals surface area contributed by atoms with Crippen LogP contribution in [0.1, 0.15) is 11.3 Å². The van der Waals surface area contributed by atoms with E-state index >= 15 is 0 Å². The molecule has 1 N–H and O–H groups in total. The second-order valence-corrected chi connectivity index (χ2v) is 8.81. The van der Waals surface area contributed by atoms with Gasteiger partial charge in [0.05, 0.1) is 17.5 Å². The number of thiazole rings is 1. The number of hydrogen-bond donors (Lipinski definition) is 1. The molecule has 0 unspecified atom stereocenters. The lowest BCUT2D eigenvalue weighted by Crippen LogP contribution is -2.11. The van der Waals surface area contributed by atoms with Crippen LogP contribution in [0, 0.1) is 6.92 Å². The maximum absolute atomic E-state index is 12.6. The van der Waals surface area contributed by atoms with Crippen LogP contribution in [0.4, 0.5) is 19.1 Å². The zero-order valence-corrected chi connectivity index (χ0v) is 16.1. The van der Waals surface area contributed by atoms with E-state index in [-0.39, 0.29) is 15.1 Å². The van der Waals surface area contributed by atoms with Gasteiger partial charge in [-0.2, -0.15) is 13.2 Å². The zero-order chi connectivity index (χ0) is 19.1. The Balaban J connectivity index is 1.86. The SMILES string of the molecule is Cc1noc(NS(=O)(=O)c2cnc(-c3ccc(C(F)(F)F)cc3)s2)c1Br. The number of aryl methyl sites for hydroxylation is 1. The third kappa shape index (κ3) is 3.76. The van der Waals surface area contributed by atoms with Crippen LogP contribution in [-0.4, -0.2) is 18.6 Å². The molecule has 0 aliphatic rings. The number of alkyl halides is 3. The normalized spacial score (nSPS) is 12.3. The van der Waals surface area contributed by atoms with Gasteiger partial charge in [-0.3, -0.25) is 0 Å². The quantitative estimate of drug-likeness (QED) is 0.601. The summed E-state index contributed by atoms with van der Waals surface area (Å²) in [6, 6.07) is 4.30. The predicted molar refractivity (Wildman–Crippen MR) is 92.3 cm³/mol. The highest BCUT2D eigenvalue weighted by Gasteiger charge is 2.30. The van der Waals surface area contributed by atoms with Crippen molar-refractivity contribution in [1.29, 1.82) is 0 Å². The van der Waals surface area contributed by atoms with Gasteiger partial charge < -0.3 is 4.52 Å². The molecule has 3 aromatic rings. The number of nitrogens with zero attached hydrogens (tertiary/aromatic N) is 2. The number of aromatic nitrogens is 2. The average molecular weight is 468 g/mol. The fourth-order valence-corrected chi connectivity index (χ4v) is 4.42. The Kier molecular flexibility index (Phi) is 4.84. The summed E-state index contributed by atoms with van der Waals surface area (Å²) < 4.78 is 70.0. The fourth-order valence-electron chi connectivity index (χ4n) is 1.91. The van der Waals surface area contributed by atoms with Crippen molar-refractivity contribution in [3.8, 4) is 10.6 Å². The van der Waals surface area contributed by atoms with Crippen molar-refractivity contribution in [1.82, 2.24) is 10.1 Å². The highest BCUT2D eigenvalue weighted by Crippen LogP contribution is 2.34. The van der Waals surface area contributed by atoms with Crippen molar-refractivity contribution < 1.29 is 26.1 Å². The van der Waals surface area contributed by atoms with Gasteiger partial charge in [-0.05, 0) is 35.0 Å². The lowest BCUT2D eigenvalue weighted by Gasteiger charge is -2.06. The molecule has 0 atom stereocenters. The van der Waals surface area contributed by atoms with Gasteiger partial charge in [0.15, 0.2) is 4.21 Å². The van der Waals surface area contributed by atoms with Gasteiger partial charge in [0.2, 0.25) is 0 Å². The Morgan fingerprint density at radius 2 is 1.88 bits per heavy atom. The van der Waals surface area contributed by atoms with Crippen LogP contribution in [0.2, 0.25) is 0 Å². The number of sulfonamides is 1. The number of nitrogens with one attached hydrogen (secondary N) is 1. The predicted octanol–water partition coefficient (Wildman–Crippen LogP) is 4.69. The average Bonchev–Trinajstić information content (AvgIpc) is 3.18. The summed E-state index contributed by atoms with van der Waals surface area (Å²) in [6.45, 7) is 1.63. The molecule has 0 saturated heterocycles. The molecule has 138 valence electrons. The van der Waals surface area contributed by atoms with Crippen molar-refractivity contribution in [3.63, 3.8) is 0 Å². The minimum atomic E-state index is -4.44. The van der Waals surface area contributed by atoms with Gasteiger partial charge >= 0.3 is 6.18 Å². The molecular formula is C14H9BrF3N3O3S2. The van der Waals surface area contributed by atoms with E-state index in [2.05, 4.69) is 30.8 Å². The third-order valence-corrected chi connectivity index (χ3v) is 7.00. The molecule has 0 radical (unpaired) electrons. The van der Waals surface area contributed by atoms with Crippen molar-refractivity contribution in [3.05, 3.63) is 46.2 Å². The van der Waals surface area contributed by atoms with Crippen LogP contribution >= 0.6 is 27.3 Å². The molecule has 26 heavy (non-hydrogen) atoms. The Labute approximate surface area is 158 Å². The Morgan fingerprint density at radius 1 is 1.23 bits per heavy atom. The summed E-state index contributed by atoms with van der Waals surface area (Å²) in [6.07, 6.45) is -3.32. The first kappa shape index (κ1) is 18.9. The van der Waals surface area contributed by atoms with Crippen LogP contribution in [0.5, 0.6) is 0 Å². The molecule has 12 heteroatoms. The molecule has 0 bridgehead atoms. The Bertz CT molecular complexity index is 1040. The number of halogens is 4. The van der Waals surface area contributed by atoms with Crippen LogP contribution in [0.25, 0.3) is 10.6 Å². The molecule has 0 saturated carbocycles. The number of rotatable bonds is 4. The van der Waals surface area contributed by atoms with Crippen LogP contribution in [0.3, 0.4) is 0 Å². The minimum Gasteiger partial charge on any atom is -0.336 e. The summed E-state index contributed by atoms with van der Waals surface area (Å²) in [7, 11) is -3.98. The van der Waals surface area contributed by atoms with Crippen LogP contribution in [0.15, 0.2) is 43.7 Å². The van der Waals surface area contributed by atoms with Crippen molar-refractivity contribution in [2.75, 3.05) is 4.72 Å². The van der Waals surface area contributed by atoms with Crippen molar-refractivity contribution >= 4 is 43.2 Å². The molecular weight excluding hydrogens is 459 g/mol. The standard InChI is InChI=1S/C14H9BrF3N3O3S2/c1-7-11(15)12(24-20-7)21-26(22,23)10-6-19-13(25-10)8-2-4-9(5-3-8)14(16,17)18/h2-6,21H,1H3. The Morgan fingerprint density at radius 3 is 2.42 bits per heavy atom. The first-order chi connectivity index (χ1) is 12.1. The van der Waals surface area contributed by atoms with E-state index in [4.69, 9.17) is 4.52 Å². The van der Waals surface area contributed by atoms with E-state index < -0.39 is 21.8 Å². The molecule has 0 aliphatic heterocycles. The number of anilines is 1. The van der Waals surface area contributed by atoms with Gasteiger partial charge in [-0.25, -0.2) is 18.1 Å². The smallest absolute Gasteiger partial charge is 0.336 e. The fraction of sp³-hybridized carbons (Fsp3) is 0.143. The van der Waals surface area contributed by atoms with Gasteiger partial charge in [-0.1, -0.05) is 17.3 Å². The first-order valence-electron chi connectivity index (χ1n) is 6.86. The van der Waals surface area contributed by atoms with Crippen molar-refractivity contribution in [2.45, 2.75) is 17.3 Å². The van der Waals surface area contributed by atoms with E-state index in [9.17, 15) is 21.6 Å². The largest absolute Gasteiger partial charge is 0.416 e. The summed E-state index contributed by atoms with van der Waals surface area (Å²) in [5.74, 6) is -0.0769. The lowest BCUT2D eigenvalue weighted by atomic mass is 10.1. The molecule has 0 fully saturated rings. The van der Waals surface area contributed by atoms with E-state index in [1.807, 2.05) is 0 Å². The van der Waals surface area contributed by atoms with E-state index in [1.165, 1.54) is 12.1 Å². The summed E-state index contributed by atoms with van der Waals surface area (Å²) in [5.41, 5.74) is 0.0523. The van der Waals surface area contributed by atoms with Gasteiger partial charge in [-0.15, -0.1) is 11.3 Å². The topological polar surface area (TPSA) is 85.1 Å². The molecule has 2 heterocycles. The first-order valence-corrected chi connectivity index (χ1v) is 9.95. The van der Waals surface area contributed by atoms with E-state index in [0.29, 0.717) is 15.7 Å². The molecule has 2 aromatic heterocycles. The third-order valence-electron chi connectivity index (χ3n) is 3.23. The monoisotopic (exact) mass is 467 g/mol. The molecule has 6 nitrogen and oxygen atoms in total. The molecule has 0 spiro atoms. The number of benzene rings is 1. The molecule has 1 aromatic carbocycles. The molecule has 0 aliphatic carbocycles. The van der Waals surface area contributed by atoms with Crippen LogP contribution in [-0.2, 0) is 16.2 Å². The summed E-state index contributed by atoms with van der Waals surface area (Å²) >= 11 is 3.97. The van der Waals surface area contributed by atoms with Gasteiger partial charge in [0.25, 0.3) is 15.9 Å². The van der Waals surface area contributed by atoms with E-state index in [0.717, 1.165) is 29.7 Å². The highest BCUT2D eigenvalue weighted by atomic mass is 79.9. The molecule has 3 rings (SSSR count). The maximum atomic E-state index is 12.6. The van der Waals surface area contributed by atoms with E-state index in [1.54, 1.807) is 6.92 Å². The molecule has 0 amide bonds. The van der Waals surface area contributed by atoms with Crippen molar-refractivity contribution in [2.24, 2.45) is 0 Å². The Hall–Kier alpha value is -1.92. The second kappa shape index (κ2) is 6.67. The summed E-state index contributed by atoms with van der Waals surface area (Å²) in [4.78, 5) is 3.97.